The summed E-state index contributed by atoms with van der Waals surface area (Å²) in [5.41, 5.74) is 0. The summed E-state index contributed by atoms with van der Waals surface area (Å²) >= 11 is 0. The highest BCUT2D eigenvalue weighted by Crippen LogP contribution is 2.14. The van der Waals surface area contributed by atoms with E-state index in [1.54, 1.807) is 0 Å². The topological polar surface area (TPSA) is 29.1 Å². The minimum absolute atomic E-state index is 0.252. The fourth-order valence-electron chi connectivity index (χ4n) is 0.928. The Hall–Kier alpha value is -0.313. The van der Waals surface area contributed by atoms with Crippen molar-refractivity contribution in [2.24, 2.45) is 0 Å². The minimum Gasteiger partial charge on any atom is -0.382 e. The molecule has 0 bridgehead atoms. The summed E-state index contributed by atoms with van der Waals surface area (Å²) in [4.78, 5) is 13.6. The third-order valence-electron chi connectivity index (χ3n) is 1.45. The maximum Gasteiger partial charge on any atom is 0.211 e. The molecule has 2 nitrogen and oxygen atoms in total. The smallest absolute Gasteiger partial charge is 0.211 e. The second-order valence-electron chi connectivity index (χ2n) is 2.93. The van der Waals surface area contributed by atoms with Crippen LogP contribution in [0.1, 0.15) is 6.42 Å². The number of amides is 1. The molecule has 1 saturated heterocycles. The van der Waals surface area contributed by atoms with Crippen LogP contribution < -0.4 is 4.98 Å². The lowest BCUT2D eigenvalue weighted by Crippen LogP contribution is -2.40. The van der Waals surface area contributed by atoms with Crippen molar-refractivity contribution < 1.29 is 4.79 Å². The minimum atomic E-state index is -1.20. The molecule has 0 unspecified atom stereocenters. The van der Waals surface area contributed by atoms with Gasteiger partial charge in [0.15, 0.2) is 8.24 Å². The van der Waals surface area contributed by atoms with Gasteiger partial charge in [-0.25, -0.2) is 0 Å². The molecule has 0 saturated carbocycles. The molecule has 0 aromatic heterocycles. The van der Waals surface area contributed by atoms with Crippen LogP contribution in [-0.4, -0.2) is 14.1 Å². The van der Waals surface area contributed by atoms with Crippen LogP contribution in [0.4, 0.5) is 0 Å². The maximum absolute atomic E-state index is 10.6. The summed E-state index contributed by atoms with van der Waals surface area (Å²) in [7, 11) is -1.20. The number of carbonyl (C=O) groups excluding carboxylic acids is 1. The highest BCUT2D eigenvalue weighted by Gasteiger charge is 2.30. The molecule has 0 aromatic rings. The first-order valence-electron chi connectivity index (χ1n) is 2.91. The van der Waals surface area contributed by atoms with E-state index in [1.807, 2.05) is 0 Å². The molecule has 0 radical (unpaired) electrons. The Morgan fingerprint density at radius 3 is 2.38 bits per heavy atom. The average molecular weight is 129 g/mol. The lowest BCUT2D eigenvalue weighted by Gasteiger charge is -2.11. The van der Waals surface area contributed by atoms with E-state index in [2.05, 4.69) is 18.1 Å². The van der Waals surface area contributed by atoms with Crippen LogP contribution in [0.25, 0.3) is 0 Å². The normalized spacial score (nSPS) is 25.5. The average Bonchev–Trinajstić information content (AvgIpc) is 1.82. The van der Waals surface area contributed by atoms with E-state index < -0.39 is 8.24 Å². The molecule has 1 heterocycles. The van der Waals surface area contributed by atoms with Gasteiger partial charge in [0.05, 0.1) is 0 Å². The van der Waals surface area contributed by atoms with Crippen molar-refractivity contribution in [1.82, 2.24) is 4.98 Å². The monoisotopic (exact) mass is 129 g/mol. The van der Waals surface area contributed by atoms with Crippen molar-refractivity contribution in [3.8, 4) is 0 Å². The molecule has 1 N–H and O–H groups in total. The predicted octanol–water partition coefficient (Wildman–Crippen LogP) is 0.711. The van der Waals surface area contributed by atoms with Gasteiger partial charge >= 0.3 is 0 Å². The quantitative estimate of drug-likeness (QED) is 0.479. The first-order valence-corrected chi connectivity index (χ1v) is 6.12. The number of hydrogen-bond acceptors (Lipinski definition) is 1. The Labute approximate surface area is 50.4 Å². The molecular weight excluding hydrogens is 118 g/mol. The Kier molecular flexibility index (Phi) is 1.15. The molecule has 0 aliphatic carbocycles. The highest BCUT2D eigenvalue weighted by molar-refractivity contribution is 6.78. The van der Waals surface area contributed by atoms with Crippen LogP contribution in [-0.2, 0) is 4.79 Å². The summed E-state index contributed by atoms with van der Waals surface area (Å²) in [5.74, 6) is 0.252. The summed E-state index contributed by atoms with van der Waals surface area (Å²) in [6, 6.07) is 1.12. The molecular formula is C5H11NOSi. The zero-order chi connectivity index (χ0) is 6.20. The van der Waals surface area contributed by atoms with Crippen LogP contribution >= 0.6 is 0 Å². The Bertz CT molecular complexity index is 122. The van der Waals surface area contributed by atoms with Crippen LogP contribution in [0.2, 0.25) is 19.1 Å². The van der Waals surface area contributed by atoms with Gasteiger partial charge in [-0.15, -0.1) is 0 Å². The molecule has 8 heavy (non-hydrogen) atoms. The molecule has 0 aromatic carbocycles. The Morgan fingerprint density at radius 2 is 2.25 bits per heavy atom. The molecule has 3 heteroatoms. The highest BCUT2D eigenvalue weighted by atomic mass is 28.3. The van der Waals surface area contributed by atoms with E-state index in [9.17, 15) is 4.79 Å². The number of rotatable bonds is 0. The second kappa shape index (κ2) is 1.58. The Morgan fingerprint density at radius 1 is 1.62 bits per heavy atom. The molecule has 1 rings (SSSR count). The fourth-order valence-corrected chi connectivity index (χ4v) is 2.79. The zero-order valence-electron chi connectivity index (χ0n) is 5.32. The first kappa shape index (κ1) is 5.82. The van der Waals surface area contributed by atoms with Gasteiger partial charge in [-0.05, 0) is 6.04 Å². The van der Waals surface area contributed by atoms with Crippen molar-refractivity contribution in [1.29, 1.82) is 0 Å². The van der Waals surface area contributed by atoms with E-state index in [-0.39, 0.29) is 5.91 Å². The van der Waals surface area contributed by atoms with Crippen molar-refractivity contribution >= 4 is 14.1 Å². The molecule has 1 aliphatic heterocycles. The van der Waals surface area contributed by atoms with E-state index in [4.69, 9.17) is 0 Å². The second-order valence-corrected chi connectivity index (χ2v) is 7.45. The van der Waals surface area contributed by atoms with Gasteiger partial charge in [0.1, 0.15) is 0 Å². The van der Waals surface area contributed by atoms with Crippen molar-refractivity contribution in [3.63, 3.8) is 0 Å². The van der Waals surface area contributed by atoms with Gasteiger partial charge in [-0.1, -0.05) is 13.1 Å². The van der Waals surface area contributed by atoms with E-state index in [0.717, 1.165) is 12.5 Å². The van der Waals surface area contributed by atoms with Gasteiger partial charge in [0.25, 0.3) is 0 Å². The van der Waals surface area contributed by atoms with Crippen LogP contribution in [0, 0.1) is 0 Å². The first-order chi connectivity index (χ1) is 3.60. The maximum atomic E-state index is 10.6. The van der Waals surface area contributed by atoms with Gasteiger partial charge in [-0.3, -0.25) is 4.79 Å². The zero-order valence-corrected chi connectivity index (χ0v) is 6.32. The summed E-state index contributed by atoms with van der Waals surface area (Å²) < 4.78 is 0. The third kappa shape index (κ3) is 1.09. The van der Waals surface area contributed by atoms with Gasteiger partial charge in [0, 0.05) is 6.42 Å². The van der Waals surface area contributed by atoms with E-state index in [1.165, 1.54) is 0 Å². The summed E-state index contributed by atoms with van der Waals surface area (Å²) in [6.07, 6.45) is 0.763. The van der Waals surface area contributed by atoms with Gasteiger partial charge < -0.3 is 4.98 Å². The van der Waals surface area contributed by atoms with E-state index >= 15 is 0 Å². The summed E-state index contributed by atoms with van der Waals surface area (Å²) in [5, 5.41) is 0. The molecule has 46 valence electrons. The number of hydrogen-bond donors (Lipinski definition) is 1. The van der Waals surface area contributed by atoms with Crippen LogP contribution in [0.15, 0.2) is 0 Å². The largest absolute Gasteiger partial charge is 0.382 e. The molecule has 1 aliphatic rings. The van der Waals surface area contributed by atoms with Crippen LogP contribution in [0.5, 0.6) is 0 Å². The molecule has 1 amide bonds. The SMILES string of the molecule is C[Si]1(C)CCC(=O)N1. The third-order valence-corrected chi connectivity index (χ3v) is 3.91. The summed E-state index contributed by atoms with van der Waals surface area (Å²) in [6.45, 7) is 4.36. The van der Waals surface area contributed by atoms with Crippen molar-refractivity contribution in [2.45, 2.75) is 25.6 Å². The molecule has 1 fully saturated rings. The van der Waals surface area contributed by atoms with E-state index in [0.29, 0.717) is 0 Å². The van der Waals surface area contributed by atoms with Gasteiger partial charge in [-0.2, -0.15) is 0 Å². The Balaban J connectivity index is 2.56. The van der Waals surface area contributed by atoms with Crippen molar-refractivity contribution in [3.05, 3.63) is 0 Å². The standard InChI is InChI=1S/C5H11NOSi/c1-8(2)4-3-5(7)6-8/h3-4H2,1-2H3,(H,6,7). The molecule has 0 atom stereocenters. The fraction of sp³-hybridized carbons (Fsp3) is 0.800. The van der Waals surface area contributed by atoms with Crippen LogP contribution in [0.3, 0.4) is 0 Å². The molecule has 0 spiro atoms. The number of nitrogens with one attached hydrogen (secondary N) is 1. The lowest BCUT2D eigenvalue weighted by molar-refractivity contribution is -0.118. The number of carbonyl (C=O) groups is 1. The van der Waals surface area contributed by atoms with Crippen molar-refractivity contribution in [2.75, 3.05) is 0 Å². The predicted molar refractivity (Wildman–Crippen MR) is 35.0 cm³/mol. The lowest BCUT2D eigenvalue weighted by atomic mass is 10.5. The van der Waals surface area contributed by atoms with Gasteiger partial charge in [0.2, 0.25) is 5.91 Å².